The third-order valence-electron chi connectivity index (χ3n) is 2.28. The van der Waals surface area contributed by atoms with Crippen LogP contribution in [0.25, 0.3) is 0 Å². The maximum Gasteiger partial charge on any atom is 0.0621 e. The lowest BCUT2D eigenvalue weighted by atomic mass is 10.2. The van der Waals surface area contributed by atoms with Crippen molar-refractivity contribution in [1.82, 2.24) is 0 Å². The van der Waals surface area contributed by atoms with Gasteiger partial charge in [-0.1, -0.05) is 17.7 Å². The van der Waals surface area contributed by atoms with Crippen molar-refractivity contribution >= 4 is 11.8 Å². The number of benzene rings is 1. The van der Waals surface area contributed by atoms with Gasteiger partial charge in [0.05, 0.1) is 6.07 Å². The highest BCUT2D eigenvalue weighted by molar-refractivity contribution is 7.99. The summed E-state index contributed by atoms with van der Waals surface area (Å²) >= 11 is 1.90. The molecule has 0 N–H and O–H groups in total. The van der Waals surface area contributed by atoms with E-state index in [0.717, 1.165) is 18.6 Å². The lowest BCUT2D eigenvalue weighted by molar-refractivity contribution is 0.830. The van der Waals surface area contributed by atoms with Crippen LogP contribution in [0.5, 0.6) is 0 Å². The molecule has 0 heterocycles. The van der Waals surface area contributed by atoms with Crippen LogP contribution in [0.4, 0.5) is 0 Å². The molecule has 0 saturated carbocycles. The zero-order valence-corrected chi connectivity index (χ0v) is 10.2. The summed E-state index contributed by atoms with van der Waals surface area (Å²) in [7, 11) is 0. The average molecular weight is 219 g/mol. The van der Waals surface area contributed by atoms with Crippen molar-refractivity contribution in [3.63, 3.8) is 0 Å². The molecule has 1 nitrogen and oxygen atoms in total. The molecule has 0 aliphatic rings. The molecule has 0 atom stereocenters. The van der Waals surface area contributed by atoms with Crippen molar-refractivity contribution in [3.8, 4) is 6.07 Å². The molecule has 0 amide bonds. The van der Waals surface area contributed by atoms with Crippen LogP contribution in [0, 0.1) is 25.2 Å². The highest BCUT2D eigenvalue weighted by Gasteiger charge is 1.99. The van der Waals surface area contributed by atoms with Gasteiger partial charge in [0.25, 0.3) is 0 Å². The van der Waals surface area contributed by atoms with Crippen molar-refractivity contribution in [2.45, 2.75) is 38.0 Å². The number of nitrogens with zero attached hydrogens (tertiary/aromatic N) is 1. The molecule has 0 aliphatic carbocycles. The molecule has 1 aromatic rings. The van der Waals surface area contributed by atoms with Crippen LogP contribution in [0.3, 0.4) is 0 Å². The van der Waals surface area contributed by atoms with E-state index in [-0.39, 0.29) is 0 Å². The first-order valence-electron chi connectivity index (χ1n) is 5.31. The molecule has 0 aromatic heterocycles. The van der Waals surface area contributed by atoms with E-state index in [2.05, 4.69) is 38.1 Å². The second-order valence-corrected chi connectivity index (χ2v) is 4.87. The first kappa shape index (κ1) is 12.1. The lowest BCUT2D eigenvalue weighted by Gasteiger charge is -2.05. The van der Waals surface area contributed by atoms with Crippen molar-refractivity contribution in [2.24, 2.45) is 0 Å². The van der Waals surface area contributed by atoms with E-state index in [0.29, 0.717) is 6.42 Å². The molecule has 0 saturated heterocycles. The van der Waals surface area contributed by atoms with Crippen LogP contribution in [0.15, 0.2) is 23.1 Å². The fraction of sp³-hybridized carbons (Fsp3) is 0.462. The molecular formula is C13H17NS. The zero-order valence-electron chi connectivity index (χ0n) is 9.42. The second-order valence-electron chi connectivity index (χ2n) is 3.73. The summed E-state index contributed by atoms with van der Waals surface area (Å²) in [6.45, 7) is 4.27. The van der Waals surface area contributed by atoms with Gasteiger partial charge in [-0.15, -0.1) is 11.8 Å². The molecule has 0 fully saturated rings. The third kappa shape index (κ3) is 4.40. The van der Waals surface area contributed by atoms with Gasteiger partial charge in [-0.05, 0) is 44.1 Å². The Balaban J connectivity index is 2.37. The number of thioether (sulfide) groups is 1. The molecule has 80 valence electrons. The Labute approximate surface area is 96.5 Å². The standard InChI is InChI=1S/C13H17NS/c1-11-6-7-12(2)13(10-11)15-9-5-3-4-8-14/h6-7,10H,3-5,9H2,1-2H3. The fourth-order valence-corrected chi connectivity index (χ4v) is 2.48. The first-order chi connectivity index (χ1) is 7.24. The lowest BCUT2D eigenvalue weighted by Crippen LogP contribution is -1.85. The van der Waals surface area contributed by atoms with Crippen LogP contribution in [0.1, 0.15) is 30.4 Å². The van der Waals surface area contributed by atoms with Gasteiger partial charge in [-0.3, -0.25) is 0 Å². The number of rotatable bonds is 5. The highest BCUT2D eigenvalue weighted by Crippen LogP contribution is 2.24. The van der Waals surface area contributed by atoms with Gasteiger partial charge in [-0.2, -0.15) is 5.26 Å². The molecule has 0 bridgehead atoms. The SMILES string of the molecule is Cc1ccc(C)c(SCCCCC#N)c1. The number of unbranched alkanes of at least 4 members (excludes halogenated alkanes) is 2. The van der Waals surface area contributed by atoms with Crippen molar-refractivity contribution in [1.29, 1.82) is 5.26 Å². The zero-order chi connectivity index (χ0) is 11.1. The summed E-state index contributed by atoms with van der Waals surface area (Å²) in [4.78, 5) is 1.38. The number of nitriles is 1. The molecule has 0 spiro atoms. The minimum atomic E-state index is 0.688. The Morgan fingerprint density at radius 2 is 2.07 bits per heavy atom. The predicted molar refractivity (Wildman–Crippen MR) is 66.1 cm³/mol. The molecule has 2 heteroatoms. The molecular weight excluding hydrogens is 202 g/mol. The number of hydrogen-bond acceptors (Lipinski definition) is 2. The van der Waals surface area contributed by atoms with Gasteiger partial charge in [-0.25, -0.2) is 0 Å². The van der Waals surface area contributed by atoms with Gasteiger partial charge in [0.15, 0.2) is 0 Å². The summed E-state index contributed by atoms with van der Waals surface area (Å²) in [6.07, 6.45) is 2.84. The molecule has 1 rings (SSSR count). The number of hydrogen-bond donors (Lipinski definition) is 0. The van der Waals surface area contributed by atoms with Gasteiger partial charge in [0.1, 0.15) is 0 Å². The van der Waals surface area contributed by atoms with Gasteiger partial charge in [0.2, 0.25) is 0 Å². The normalized spacial score (nSPS) is 9.93. The molecule has 15 heavy (non-hydrogen) atoms. The van der Waals surface area contributed by atoms with Crippen LogP contribution < -0.4 is 0 Å². The van der Waals surface area contributed by atoms with Crippen LogP contribution in [-0.4, -0.2) is 5.75 Å². The van der Waals surface area contributed by atoms with Crippen LogP contribution in [-0.2, 0) is 0 Å². The van der Waals surface area contributed by atoms with E-state index < -0.39 is 0 Å². The maximum atomic E-state index is 8.41. The Bertz CT molecular complexity index is 352. The summed E-state index contributed by atoms with van der Waals surface area (Å²) in [5.74, 6) is 1.12. The summed E-state index contributed by atoms with van der Waals surface area (Å²) in [5.41, 5.74) is 2.67. The Kier molecular flexibility index (Phi) is 5.28. The van der Waals surface area contributed by atoms with E-state index in [4.69, 9.17) is 5.26 Å². The minimum absolute atomic E-state index is 0.688. The molecule has 1 aromatic carbocycles. The third-order valence-corrected chi connectivity index (χ3v) is 3.53. The van der Waals surface area contributed by atoms with Gasteiger partial charge < -0.3 is 0 Å². The minimum Gasteiger partial charge on any atom is -0.198 e. The van der Waals surface area contributed by atoms with E-state index in [9.17, 15) is 0 Å². The number of aryl methyl sites for hydroxylation is 2. The topological polar surface area (TPSA) is 23.8 Å². The Morgan fingerprint density at radius 1 is 1.27 bits per heavy atom. The first-order valence-corrected chi connectivity index (χ1v) is 6.29. The van der Waals surface area contributed by atoms with E-state index in [1.807, 2.05) is 11.8 Å². The summed E-state index contributed by atoms with van der Waals surface area (Å²) in [5, 5.41) is 8.41. The molecule has 0 unspecified atom stereocenters. The quantitative estimate of drug-likeness (QED) is 0.550. The Hall–Kier alpha value is -0.940. The van der Waals surface area contributed by atoms with Crippen LogP contribution >= 0.6 is 11.8 Å². The largest absolute Gasteiger partial charge is 0.198 e. The molecule has 0 aliphatic heterocycles. The maximum absolute atomic E-state index is 8.41. The monoisotopic (exact) mass is 219 g/mol. The second kappa shape index (κ2) is 6.53. The highest BCUT2D eigenvalue weighted by atomic mass is 32.2. The summed E-state index contributed by atoms with van der Waals surface area (Å²) in [6, 6.07) is 8.74. The van der Waals surface area contributed by atoms with Crippen molar-refractivity contribution < 1.29 is 0 Å². The van der Waals surface area contributed by atoms with E-state index in [1.165, 1.54) is 16.0 Å². The van der Waals surface area contributed by atoms with Crippen molar-refractivity contribution in [2.75, 3.05) is 5.75 Å². The van der Waals surface area contributed by atoms with E-state index >= 15 is 0 Å². The van der Waals surface area contributed by atoms with E-state index in [1.54, 1.807) is 0 Å². The summed E-state index contributed by atoms with van der Waals surface area (Å²) < 4.78 is 0. The molecule has 0 radical (unpaired) electrons. The Morgan fingerprint density at radius 3 is 2.80 bits per heavy atom. The van der Waals surface area contributed by atoms with Gasteiger partial charge >= 0.3 is 0 Å². The van der Waals surface area contributed by atoms with Gasteiger partial charge in [0, 0.05) is 11.3 Å². The average Bonchev–Trinajstić information content (AvgIpc) is 2.23. The van der Waals surface area contributed by atoms with Crippen molar-refractivity contribution in [3.05, 3.63) is 29.3 Å². The smallest absolute Gasteiger partial charge is 0.0621 e. The fourth-order valence-electron chi connectivity index (χ4n) is 1.35. The van der Waals surface area contributed by atoms with Crippen LogP contribution in [0.2, 0.25) is 0 Å². The predicted octanol–water partition coefficient (Wildman–Crippen LogP) is 4.09.